The molecule has 18 heavy (non-hydrogen) atoms. The molecular weight excluding hydrogens is 316 g/mol. The van der Waals surface area contributed by atoms with Crippen LogP contribution in [0.2, 0.25) is 0 Å². The summed E-state index contributed by atoms with van der Waals surface area (Å²) < 4.78 is 2.76. The van der Waals surface area contributed by atoms with Crippen molar-refractivity contribution < 1.29 is 4.79 Å². The SMILES string of the molecule is Cc1cc(C(=O)NCCCn2ccnn2)sc1Br. The van der Waals surface area contributed by atoms with Crippen LogP contribution in [0.1, 0.15) is 21.7 Å². The summed E-state index contributed by atoms with van der Waals surface area (Å²) in [6, 6.07) is 1.89. The van der Waals surface area contributed by atoms with E-state index in [0.717, 1.165) is 27.2 Å². The number of carbonyl (C=O) groups is 1. The number of thiophene rings is 1. The van der Waals surface area contributed by atoms with Crippen LogP contribution in [0.15, 0.2) is 22.2 Å². The van der Waals surface area contributed by atoms with Gasteiger partial charge in [0.05, 0.1) is 14.9 Å². The largest absolute Gasteiger partial charge is 0.351 e. The number of rotatable bonds is 5. The summed E-state index contributed by atoms with van der Waals surface area (Å²) in [7, 11) is 0. The molecule has 1 amide bonds. The number of carbonyl (C=O) groups excluding carboxylic acids is 1. The van der Waals surface area contributed by atoms with Gasteiger partial charge in [-0.2, -0.15) is 0 Å². The predicted octanol–water partition coefficient (Wildman–Crippen LogP) is 2.23. The number of halogens is 1. The minimum Gasteiger partial charge on any atom is -0.351 e. The molecule has 0 bridgehead atoms. The normalized spacial score (nSPS) is 10.6. The van der Waals surface area contributed by atoms with Crippen molar-refractivity contribution in [3.05, 3.63) is 32.7 Å². The van der Waals surface area contributed by atoms with E-state index in [1.54, 1.807) is 10.9 Å². The smallest absolute Gasteiger partial charge is 0.261 e. The van der Waals surface area contributed by atoms with Crippen molar-refractivity contribution in [2.75, 3.05) is 6.54 Å². The van der Waals surface area contributed by atoms with E-state index in [1.807, 2.05) is 19.2 Å². The van der Waals surface area contributed by atoms with Gasteiger partial charge in [0.25, 0.3) is 5.91 Å². The summed E-state index contributed by atoms with van der Waals surface area (Å²) in [5, 5.41) is 10.5. The molecule has 1 N–H and O–H groups in total. The predicted molar refractivity (Wildman–Crippen MR) is 73.7 cm³/mol. The molecule has 0 atom stereocenters. The molecule has 0 aromatic carbocycles. The second-order valence-corrected chi connectivity index (χ2v) is 6.21. The van der Waals surface area contributed by atoms with E-state index in [0.29, 0.717) is 6.54 Å². The van der Waals surface area contributed by atoms with Crippen molar-refractivity contribution in [1.82, 2.24) is 20.3 Å². The molecule has 0 saturated carbocycles. The van der Waals surface area contributed by atoms with E-state index >= 15 is 0 Å². The molecule has 2 rings (SSSR count). The van der Waals surface area contributed by atoms with Crippen LogP contribution in [-0.2, 0) is 6.54 Å². The number of aromatic nitrogens is 3. The number of nitrogens with zero attached hydrogens (tertiary/aromatic N) is 3. The zero-order chi connectivity index (χ0) is 13.0. The Bertz CT molecular complexity index is 504. The third-order valence-corrected chi connectivity index (χ3v) is 4.54. The first-order valence-corrected chi connectivity index (χ1v) is 7.16. The van der Waals surface area contributed by atoms with Gasteiger partial charge in [0.15, 0.2) is 0 Å². The van der Waals surface area contributed by atoms with E-state index < -0.39 is 0 Å². The number of amides is 1. The summed E-state index contributed by atoms with van der Waals surface area (Å²) in [5.41, 5.74) is 1.09. The third-order valence-electron chi connectivity index (χ3n) is 2.40. The lowest BCUT2D eigenvalue weighted by Gasteiger charge is -2.03. The van der Waals surface area contributed by atoms with E-state index in [9.17, 15) is 4.79 Å². The number of aryl methyl sites for hydroxylation is 2. The molecule has 2 aromatic rings. The lowest BCUT2D eigenvalue weighted by atomic mass is 10.3. The third kappa shape index (κ3) is 3.39. The Labute approximate surface area is 117 Å². The fraction of sp³-hybridized carbons (Fsp3) is 0.364. The standard InChI is InChI=1S/C11H13BrN4OS/c1-8-7-9(18-10(8)12)11(17)13-3-2-5-16-6-4-14-15-16/h4,6-7H,2-3,5H2,1H3,(H,13,17). The molecule has 2 heterocycles. The molecule has 0 aliphatic carbocycles. The minimum absolute atomic E-state index is 0.0209. The first-order valence-electron chi connectivity index (χ1n) is 5.55. The zero-order valence-electron chi connectivity index (χ0n) is 9.89. The van der Waals surface area contributed by atoms with Crippen LogP contribution in [0.25, 0.3) is 0 Å². The summed E-state index contributed by atoms with van der Waals surface area (Å²) in [6.45, 7) is 3.36. The highest BCUT2D eigenvalue weighted by Crippen LogP contribution is 2.27. The lowest BCUT2D eigenvalue weighted by Crippen LogP contribution is -2.24. The van der Waals surface area contributed by atoms with Crippen LogP contribution in [0.5, 0.6) is 0 Å². The quantitative estimate of drug-likeness (QED) is 0.856. The maximum Gasteiger partial charge on any atom is 0.261 e. The van der Waals surface area contributed by atoms with Gasteiger partial charge in [-0.1, -0.05) is 5.21 Å². The molecule has 0 saturated heterocycles. The molecule has 0 radical (unpaired) electrons. The van der Waals surface area contributed by atoms with Crippen molar-refractivity contribution in [2.45, 2.75) is 19.9 Å². The van der Waals surface area contributed by atoms with Gasteiger partial charge in [0.2, 0.25) is 0 Å². The molecular formula is C11H13BrN4OS. The van der Waals surface area contributed by atoms with Crippen molar-refractivity contribution in [3.8, 4) is 0 Å². The molecule has 0 spiro atoms. The highest BCUT2D eigenvalue weighted by atomic mass is 79.9. The minimum atomic E-state index is -0.0209. The second kappa shape index (κ2) is 6.10. The van der Waals surface area contributed by atoms with Crippen LogP contribution < -0.4 is 5.32 Å². The first-order chi connectivity index (χ1) is 8.66. The van der Waals surface area contributed by atoms with Crippen LogP contribution in [0.3, 0.4) is 0 Å². The van der Waals surface area contributed by atoms with Gasteiger partial charge in [0, 0.05) is 19.3 Å². The van der Waals surface area contributed by atoms with Crippen molar-refractivity contribution >= 4 is 33.2 Å². The average Bonchev–Trinajstić information content (AvgIpc) is 2.96. The fourth-order valence-electron chi connectivity index (χ4n) is 1.45. The van der Waals surface area contributed by atoms with Gasteiger partial charge in [-0.25, -0.2) is 0 Å². The van der Waals surface area contributed by atoms with E-state index in [1.165, 1.54) is 11.3 Å². The van der Waals surface area contributed by atoms with Gasteiger partial charge < -0.3 is 5.32 Å². The molecule has 96 valence electrons. The summed E-state index contributed by atoms with van der Waals surface area (Å²) in [5.74, 6) is -0.0209. The lowest BCUT2D eigenvalue weighted by molar-refractivity contribution is 0.0956. The highest BCUT2D eigenvalue weighted by Gasteiger charge is 2.10. The molecule has 0 aliphatic rings. The Kier molecular flexibility index (Phi) is 4.48. The zero-order valence-corrected chi connectivity index (χ0v) is 12.3. The van der Waals surface area contributed by atoms with Crippen LogP contribution in [0.4, 0.5) is 0 Å². The van der Waals surface area contributed by atoms with Gasteiger partial charge in [-0.05, 0) is 40.9 Å². The molecule has 0 unspecified atom stereocenters. The molecule has 5 nitrogen and oxygen atoms in total. The molecule has 7 heteroatoms. The average molecular weight is 329 g/mol. The summed E-state index contributed by atoms with van der Waals surface area (Å²) in [6.07, 6.45) is 4.28. The maximum absolute atomic E-state index is 11.8. The first kappa shape index (κ1) is 13.2. The van der Waals surface area contributed by atoms with E-state index in [4.69, 9.17) is 0 Å². The summed E-state index contributed by atoms with van der Waals surface area (Å²) >= 11 is 4.87. The number of nitrogens with one attached hydrogen (secondary N) is 1. The number of hydrogen-bond donors (Lipinski definition) is 1. The highest BCUT2D eigenvalue weighted by molar-refractivity contribution is 9.11. The molecule has 0 aliphatic heterocycles. The Morgan fingerprint density at radius 1 is 1.61 bits per heavy atom. The fourth-order valence-corrected chi connectivity index (χ4v) is 2.91. The van der Waals surface area contributed by atoms with Gasteiger partial charge in [-0.3, -0.25) is 9.48 Å². The Hall–Kier alpha value is -1.21. The monoisotopic (exact) mass is 328 g/mol. The molecule has 0 fully saturated rings. The van der Waals surface area contributed by atoms with Crippen molar-refractivity contribution in [1.29, 1.82) is 0 Å². The van der Waals surface area contributed by atoms with Crippen LogP contribution >= 0.6 is 27.3 Å². The van der Waals surface area contributed by atoms with Crippen molar-refractivity contribution in [2.24, 2.45) is 0 Å². The van der Waals surface area contributed by atoms with Crippen LogP contribution in [-0.4, -0.2) is 27.4 Å². The number of hydrogen-bond acceptors (Lipinski definition) is 4. The van der Waals surface area contributed by atoms with E-state index in [-0.39, 0.29) is 5.91 Å². The maximum atomic E-state index is 11.8. The van der Waals surface area contributed by atoms with Crippen LogP contribution in [0, 0.1) is 6.92 Å². The Morgan fingerprint density at radius 3 is 3.06 bits per heavy atom. The Morgan fingerprint density at radius 2 is 2.44 bits per heavy atom. The van der Waals surface area contributed by atoms with E-state index in [2.05, 4.69) is 31.6 Å². The molecule has 2 aromatic heterocycles. The topological polar surface area (TPSA) is 59.8 Å². The second-order valence-electron chi connectivity index (χ2n) is 3.84. The van der Waals surface area contributed by atoms with Gasteiger partial charge in [0.1, 0.15) is 0 Å². The Balaban J connectivity index is 1.75. The van der Waals surface area contributed by atoms with Gasteiger partial charge >= 0.3 is 0 Å². The van der Waals surface area contributed by atoms with Crippen molar-refractivity contribution in [3.63, 3.8) is 0 Å². The van der Waals surface area contributed by atoms with Gasteiger partial charge in [-0.15, -0.1) is 16.4 Å². The summed E-state index contributed by atoms with van der Waals surface area (Å²) in [4.78, 5) is 12.6.